The Morgan fingerprint density at radius 3 is 2.86 bits per heavy atom. The molecule has 3 heteroatoms. The van der Waals surface area contributed by atoms with E-state index in [9.17, 15) is 4.79 Å². The standard InChI is InChI=1S/C11H19NO2/c1-2-3-10(13)6-9-14-11-4-7-12-8-5-11/h2,11-12H,1,3-9H2. The first-order chi connectivity index (χ1) is 6.83. The van der Waals surface area contributed by atoms with Gasteiger partial charge in [0.2, 0.25) is 0 Å². The van der Waals surface area contributed by atoms with Gasteiger partial charge in [0, 0.05) is 12.8 Å². The van der Waals surface area contributed by atoms with Crippen molar-refractivity contribution >= 4 is 5.78 Å². The van der Waals surface area contributed by atoms with Gasteiger partial charge in [0.1, 0.15) is 5.78 Å². The number of rotatable bonds is 6. The molecule has 0 saturated carbocycles. The predicted molar refractivity (Wildman–Crippen MR) is 56.3 cm³/mol. The van der Waals surface area contributed by atoms with Crippen LogP contribution in [0.5, 0.6) is 0 Å². The second kappa shape index (κ2) is 6.74. The number of ether oxygens (including phenoxy) is 1. The van der Waals surface area contributed by atoms with Gasteiger partial charge in [0.05, 0.1) is 12.7 Å². The zero-order chi connectivity index (χ0) is 10.2. The molecular formula is C11H19NO2. The topological polar surface area (TPSA) is 38.3 Å². The Hall–Kier alpha value is -0.670. The van der Waals surface area contributed by atoms with Crippen molar-refractivity contribution in [2.24, 2.45) is 0 Å². The van der Waals surface area contributed by atoms with E-state index in [-0.39, 0.29) is 5.78 Å². The van der Waals surface area contributed by atoms with Crippen molar-refractivity contribution in [3.05, 3.63) is 12.7 Å². The molecule has 0 bridgehead atoms. The predicted octanol–water partition coefficient (Wildman–Crippen LogP) is 1.29. The molecule has 3 nitrogen and oxygen atoms in total. The van der Waals surface area contributed by atoms with Crippen LogP contribution in [0.25, 0.3) is 0 Å². The van der Waals surface area contributed by atoms with Gasteiger partial charge in [-0.3, -0.25) is 4.79 Å². The number of hydrogen-bond acceptors (Lipinski definition) is 3. The quantitative estimate of drug-likeness (QED) is 0.652. The molecule has 0 amide bonds. The van der Waals surface area contributed by atoms with Gasteiger partial charge < -0.3 is 10.1 Å². The molecule has 80 valence electrons. The lowest BCUT2D eigenvalue weighted by molar-refractivity contribution is -0.119. The zero-order valence-corrected chi connectivity index (χ0v) is 8.63. The number of nitrogens with one attached hydrogen (secondary N) is 1. The fourth-order valence-corrected chi connectivity index (χ4v) is 1.56. The molecule has 0 radical (unpaired) electrons. The fourth-order valence-electron chi connectivity index (χ4n) is 1.56. The Morgan fingerprint density at radius 1 is 1.50 bits per heavy atom. The molecule has 1 fully saturated rings. The number of ketones is 1. The summed E-state index contributed by atoms with van der Waals surface area (Å²) in [5.74, 6) is 0.217. The lowest BCUT2D eigenvalue weighted by Gasteiger charge is -2.22. The largest absolute Gasteiger partial charge is 0.378 e. The number of Topliss-reactive ketones (excluding diaryl/α,β-unsaturated/α-hetero) is 1. The molecule has 14 heavy (non-hydrogen) atoms. The third kappa shape index (κ3) is 4.53. The van der Waals surface area contributed by atoms with Crippen LogP contribution in [0.1, 0.15) is 25.7 Å². The summed E-state index contributed by atoms with van der Waals surface area (Å²) in [6.45, 7) is 6.16. The lowest BCUT2D eigenvalue weighted by Crippen LogP contribution is -2.32. The minimum atomic E-state index is 0.217. The molecule has 0 spiro atoms. The summed E-state index contributed by atoms with van der Waals surface area (Å²) in [6.07, 6.45) is 5.12. The summed E-state index contributed by atoms with van der Waals surface area (Å²) in [5.41, 5.74) is 0. The van der Waals surface area contributed by atoms with Crippen molar-refractivity contribution in [2.45, 2.75) is 31.8 Å². The minimum absolute atomic E-state index is 0.217. The normalized spacial score (nSPS) is 18.0. The van der Waals surface area contributed by atoms with Crippen LogP contribution in [0.3, 0.4) is 0 Å². The van der Waals surface area contributed by atoms with Crippen LogP contribution >= 0.6 is 0 Å². The first-order valence-corrected chi connectivity index (χ1v) is 5.28. The Morgan fingerprint density at radius 2 is 2.21 bits per heavy atom. The Kier molecular flexibility index (Phi) is 5.49. The van der Waals surface area contributed by atoms with Crippen molar-refractivity contribution in [2.75, 3.05) is 19.7 Å². The van der Waals surface area contributed by atoms with Crippen LogP contribution in [-0.4, -0.2) is 31.6 Å². The van der Waals surface area contributed by atoms with Crippen molar-refractivity contribution in [3.8, 4) is 0 Å². The van der Waals surface area contributed by atoms with Gasteiger partial charge in [-0.25, -0.2) is 0 Å². The number of allylic oxidation sites excluding steroid dienone is 1. The van der Waals surface area contributed by atoms with Gasteiger partial charge in [0.25, 0.3) is 0 Å². The van der Waals surface area contributed by atoms with Crippen LogP contribution in [0.4, 0.5) is 0 Å². The first kappa shape index (κ1) is 11.4. The third-order valence-electron chi connectivity index (χ3n) is 2.39. The molecule has 0 aromatic heterocycles. The summed E-state index contributed by atoms with van der Waals surface area (Å²) in [5, 5.41) is 3.27. The van der Waals surface area contributed by atoms with E-state index in [4.69, 9.17) is 4.74 Å². The smallest absolute Gasteiger partial charge is 0.138 e. The highest BCUT2D eigenvalue weighted by Gasteiger charge is 2.13. The van der Waals surface area contributed by atoms with E-state index in [2.05, 4.69) is 11.9 Å². The highest BCUT2D eigenvalue weighted by Crippen LogP contribution is 2.07. The van der Waals surface area contributed by atoms with E-state index in [1.165, 1.54) is 0 Å². The van der Waals surface area contributed by atoms with E-state index < -0.39 is 0 Å². The fraction of sp³-hybridized carbons (Fsp3) is 0.727. The Balaban J connectivity index is 2.02. The van der Waals surface area contributed by atoms with E-state index in [1.54, 1.807) is 6.08 Å². The highest BCUT2D eigenvalue weighted by atomic mass is 16.5. The minimum Gasteiger partial charge on any atom is -0.378 e. The maximum absolute atomic E-state index is 11.1. The molecule has 1 saturated heterocycles. The molecule has 1 aliphatic heterocycles. The van der Waals surface area contributed by atoms with Crippen molar-refractivity contribution in [1.82, 2.24) is 5.32 Å². The first-order valence-electron chi connectivity index (χ1n) is 5.28. The Bertz CT molecular complexity index is 186. The maximum atomic E-state index is 11.1. The van der Waals surface area contributed by atoms with Gasteiger partial charge in [-0.2, -0.15) is 0 Å². The van der Waals surface area contributed by atoms with E-state index >= 15 is 0 Å². The molecule has 0 unspecified atom stereocenters. The number of carbonyl (C=O) groups excluding carboxylic acids is 1. The summed E-state index contributed by atoms with van der Waals surface area (Å²) >= 11 is 0. The van der Waals surface area contributed by atoms with E-state index in [0.29, 0.717) is 25.6 Å². The van der Waals surface area contributed by atoms with Gasteiger partial charge in [-0.15, -0.1) is 6.58 Å². The lowest BCUT2D eigenvalue weighted by atomic mass is 10.1. The molecule has 1 heterocycles. The molecule has 0 atom stereocenters. The van der Waals surface area contributed by atoms with Gasteiger partial charge in [-0.05, 0) is 25.9 Å². The van der Waals surface area contributed by atoms with Crippen LogP contribution in [0.2, 0.25) is 0 Å². The molecule has 0 aromatic carbocycles. The number of carbonyl (C=O) groups is 1. The number of hydrogen-bond donors (Lipinski definition) is 1. The zero-order valence-electron chi connectivity index (χ0n) is 8.63. The summed E-state index contributed by atoms with van der Waals surface area (Å²) in [4.78, 5) is 11.1. The third-order valence-corrected chi connectivity index (χ3v) is 2.39. The van der Waals surface area contributed by atoms with Crippen molar-refractivity contribution < 1.29 is 9.53 Å². The molecule has 1 rings (SSSR count). The molecule has 0 aromatic rings. The van der Waals surface area contributed by atoms with Crippen LogP contribution in [0.15, 0.2) is 12.7 Å². The maximum Gasteiger partial charge on any atom is 0.138 e. The summed E-state index contributed by atoms with van der Waals surface area (Å²) < 4.78 is 5.60. The van der Waals surface area contributed by atoms with E-state index in [0.717, 1.165) is 25.9 Å². The second-order valence-corrected chi connectivity index (χ2v) is 3.60. The van der Waals surface area contributed by atoms with Crippen LogP contribution in [-0.2, 0) is 9.53 Å². The second-order valence-electron chi connectivity index (χ2n) is 3.60. The van der Waals surface area contributed by atoms with E-state index in [1.807, 2.05) is 0 Å². The molecule has 1 N–H and O–H groups in total. The molecule has 1 aliphatic rings. The monoisotopic (exact) mass is 197 g/mol. The molecular weight excluding hydrogens is 178 g/mol. The SMILES string of the molecule is C=CCC(=O)CCOC1CCNCC1. The van der Waals surface area contributed by atoms with Crippen molar-refractivity contribution in [1.29, 1.82) is 0 Å². The van der Waals surface area contributed by atoms with Crippen LogP contribution in [0, 0.1) is 0 Å². The van der Waals surface area contributed by atoms with Gasteiger partial charge in [-0.1, -0.05) is 6.08 Å². The van der Waals surface area contributed by atoms with Gasteiger partial charge in [0.15, 0.2) is 0 Å². The average Bonchev–Trinajstić information content (AvgIpc) is 2.20. The van der Waals surface area contributed by atoms with Crippen molar-refractivity contribution in [3.63, 3.8) is 0 Å². The Labute approximate surface area is 85.5 Å². The summed E-state index contributed by atoms with van der Waals surface area (Å²) in [7, 11) is 0. The highest BCUT2D eigenvalue weighted by molar-refractivity contribution is 5.79. The van der Waals surface area contributed by atoms with Gasteiger partial charge >= 0.3 is 0 Å². The summed E-state index contributed by atoms with van der Waals surface area (Å²) in [6, 6.07) is 0. The van der Waals surface area contributed by atoms with Crippen LogP contribution < -0.4 is 5.32 Å². The average molecular weight is 197 g/mol. The number of piperidine rings is 1. The molecule has 0 aliphatic carbocycles.